The fraction of sp³-hybridized carbons (Fsp3) is 0.471. The van der Waals surface area contributed by atoms with Crippen molar-refractivity contribution >= 4 is 17.7 Å². The fourth-order valence-corrected chi connectivity index (χ4v) is 1.86. The molecule has 0 spiro atoms. The molecule has 0 fully saturated rings. The molecule has 0 amide bonds. The summed E-state index contributed by atoms with van der Waals surface area (Å²) in [5.41, 5.74) is 0.000252. The lowest BCUT2D eigenvalue weighted by molar-refractivity contribution is 0.0525. The van der Waals surface area contributed by atoms with Crippen molar-refractivity contribution in [1.29, 1.82) is 0 Å². The number of ether oxygens (including phenoxy) is 2. The van der Waals surface area contributed by atoms with Gasteiger partial charge in [-0.15, -0.1) is 0 Å². The molecule has 5 heteroatoms. The van der Waals surface area contributed by atoms with Crippen LogP contribution in [0.5, 0.6) is 0 Å². The number of hydrogen-bond donors (Lipinski definition) is 0. The monoisotopic (exact) mass is 306 g/mol. The highest BCUT2D eigenvalue weighted by molar-refractivity contribution is 6.04. The molecule has 0 aliphatic carbocycles. The summed E-state index contributed by atoms with van der Waals surface area (Å²) in [4.78, 5) is 36.3. The van der Waals surface area contributed by atoms with Gasteiger partial charge in [0.2, 0.25) is 0 Å². The summed E-state index contributed by atoms with van der Waals surface area (Å²) in [5.74, 6) is -1.31. The molecular formula is C17H22O5. The third kappa shape index (κ3) is 4.41. The summed E-state index contributed by atoms with van der Waals surface area (Å²) in [6.45, 7) is 9.13. The van der Waals surface area contributed by atoms with Crippen molar-refractivity contribution in [2.45, 2.75) is 34.6 Å². The largest absolute Gasteiger partial charge is 0.462 e. The van der Waals surface area contributed by atoms with Crippen LogP contribution in [0.1, 0.15) is 65.7 Å². The Balaban J connectivity index is 3.35. The summed E-state index contributed by atoms with van der Waals surface area (Å²) in [5, 5.41) is 0. The molecule has 0 saturated carbocycles. The molecule has 1 aromatic carbocycles. The van der Waals surface area contributed by atoms with Crippen LogP contribution in [0.15, 0.2) is 18.2 Å². The fourth-order valence-electron chi connectivity index (χ4n) is 1.86. The minimum atomic E-state index is -0.626. The normalized spacial score (nSPS) is 11.0. The lowest BCUT2D eigenvalue weighted by Gasteiger charge is -2.17. The van der Waals surface area contributed by atoms with Crippen LogP contribution < -0.4 is 0 Å². The van der Waals surface area contributed by atoms with Gasteiger partial charge in [-0.25, -0.2) is 9.59 Å². The van der Waals surface area contributed by atoms with Crippen LogP contribution in [0.2, 0.25) is 0 Å². The van der Waals surface area contributed by atoms with Crippen molar-refractivity contribution in [3.8, 4) is 0 Å². The highest BCUT2D eigenvalue weighted by atomic mass is 16.5. The van der Waals surface area contributed by atoms with E-state index < -0.39 is 17.4 Å². The summed E-state index contributed by atoms with van der Waals surface area (Å²) in [7, 11) is 0. The van der Waals surface area contributed by atoms with Gasteiger partial charge < -0.3 is 9.47 Å². The van der Waals surface area contributed by atoms with Crippen molar-refractivity contribution in [1.82, 2.24) is 0 Å². The van der Waals surface area contributed by atoms with Crippen LogP contribution in [-0.2, 0) is 9.47 Å². The van der Waals surface area contributed by atoms with Crippen molar-refractivity contribution in [3.05, 3.63) is 34.9 Å². The molecule has 5 nitrogen and oxygen atoms in total. The Morgan fingerprint density at radius 2 is 1.18 bits per heavy atom. The van der Waals surface area contributed by atoms with Crippen molar-refractivity contribution in [3.63, 3.8) is 0 Å². The average molecular weight is 306 g/mol. The summed E-state index contributed by atoms with van der Waals surface area (Å²) < 4.78 is 9.88. The SMILES string of the molecule is CCOC(=O)c1cc(C(=O)OCC)cc(C(=O)C(C)(C)C)c1. The van der Waals surface area contributed by atoms with E-state index in [-0.39, 0.29) is 30.1 Å². The van der Waals surface area contributed by atoms with E-state index in [1.54, 1.807) is 34.6 Å². The second-order valence-corrected chi connectivity index (χ2v) is 5.82. The second-order valence-electron chi connectivity index (χ2n) is 5.82. The maximum atomic E-state index is 12.4. The maximum Gasteiger partial charge on any atom is 0.338 e. The van der Waals surface area contributed by atoms with Gasteiger partial charge >= 0.3 is 11.9 Å². The molecule has 0 aromatic heterocycles. The molecule has 120 valence electrons. The van der Waals surface area contributed by atoms with E-state index in [4.69, 9.17) is 9.47 Å². The Labute approximate surface area is 130 Å². The van der Waals surface area contributed by atoms with Gasteiger partial charge in [-0.05, 0) is 32.0 Å². The highest BCUT2D eigenvalue weighted by Gasteiger charge is 2.25. The molecule has 0 unspecified atom stereocenters. The molecule has 0 heterocycles. The van der Waals surface area contributed by atoms with E-state index in [0.29, 0.717) is 5.56 Å². The Hall–Kier alpha value is -2.17. The van der Waals surface area contributed by atoms with E-state index in [1.165, 1.54) is 18.2 Å². The Morgan fingerprint density at radius 1 is 0.818 bits per heavy atom. The summed E-state index contributed by atoms with van der Waals surface area (Å²) >= 11 is 0. The average Bonchev–Trinajstić information content (AvgIpc) is 2.45. The first kappa shape index (κ1) is 17.9. The number of benzene rings is 1. The van der Waals surface area contributed by atoms with E-state index >= 15 is 0 Å². The molecule has 22 heavy (non-hydrogen) atoms. The number of ketones is 1. The number of rotatable bonds is 5. The van der Waals surface area contributed by atoms with Crippen LogP contribution in [0, 0.1) is 5.41 Å². The number of hydrogen-bond acceptors (Lipinski definition) is 5. The molecule has 0 bridgehead atoms. The van der Waals surface area contributed by atoms with Gasteiger partial charge in [-0.2, -0.15) is 0 Å². The van der Waals surface area contributed by atoms with Crippen LogP contribution in [0.3, 0.4) is 0 Å². The quantitative estimate of drug-likeness (QED) is 0.617. The van der Waals surface area contributed by atoms with Crippen molar-refractivity contribution in [2.24, 2.45) is 5.41 Å². The number of Topliss-reactive ketones (excluding diaryl/α,β-unsaturated/α-hetero) is 1. The van der Waals surface area contributed by atoms with Gasteiger partial charge in [-0.3, -0.25) is 4.79 Å². The zero-order valence-electron chi connectivity index (χ0n) is 13.7. The number of carbonyl (C=O) groups excluding carboxylic acids is 3. The molecule has 0 N–H and O–H groups in total. The Morgan fingerprint density at radius 3 is 1.50 bits per heavy atom. The predicted molar refractivity (Wildman–Crippen MR) is 82.1 cm³/mol. The molecule has 0 aliphatic rings. The zero-order valence-corrected chi connectivity index (χ0v) is 13.7. The second kappa shape index (κ2) is 7.20. The molecule has 0 radical (unpaired) electrons. The van der Waals surface area contributed by atoms with Crippen LogP contribution in [0.25, 0.3) is 0 Å². The van der Waals surface area contributed by atoms with Crippen LogP contribution in [-0.4, -0.2) is 30.9 Å². The number of carbonyl (C=O) groups is 3. The first-order valence-corrected chi connectivity index (χ1v) is 7.24. The smallest absolute Gasteiger partial charge is 0.338 e. The molecule has 1 aromatic rings. The minimum Gasteiger partial charge on any atom is -0.462 e. The molecule has 1 rings (SSSR count). The molecule has 0 atom stereocenters. The topological polar surface area (TPSA) is 69.7 Å². The van der Waals surface area contributed by atoms with Crippen molar-refractivity contribution in [2.75, 3.05) is 13.2 Å². The first-order chi connectivity index (χ1) is 10.2. The molecule has 0 aliphatic heterocycles. The standard InChI is InChI=1S/C17H22O5/c1-6-21-15(19)12-8-11(14(18)17(3,4)5)9-13(10-12)16(20)22-7-2/h8-10H,6-7H2,1-5H3. The van der Waals surface area contributed by atoms with Gasteiger partial charge in [-0.1, -0.05) is 20.8 Å². The zero-order chi connectivity index (χ0) is 16.9. The van der Waals surface area contributed by atoms with Gasteiger partial charge in [0.1, 0.15) is 0 Å². The van der Waals surface area contributed by atoms with E-state index in [2.05, 4.69) is 0 Å². The van der Waals surface area contributed by atoms with Gasteiger partial charge in [0.15, 0.2) is 5.78 Å². The van der Waals surface area contributed by atoms with Gasteiger partial charge in [0, 0.05) is 11.0 Å². The summed E-state index contributed by atoms with van der Waals surface area (Å²) in [6, 6.07) is 4.29. The predicted octanol–water partition coefficient (Wildman–Crippen LogP) is 3.27. The van der Waals surface area contributed by atoms with Gasteiger partial charge in [0.25, 0.3) is 0 Å². The lowest BCUT2D eigenvalue weighted by Crippen LogP contribution is -2.21. The highest BCUT2D eigenvalue weighted by Crippen LogP contribution is 2.23. The third-order valence-electron chi connectivity index (χ3n) is 2.90. The van der Waals surface area contributed by atoms with E-state index in [0.717, 1.165) is 0 Å². The minimum absolute atomic E-state index is 0.163. The Kier molecular flexibility index (Phi) is 5.85. The molecular weight excluding hydrogens is 284 g/mol. The van der Waals surface area contributed by atoms with Gasteiger partial charge in [0.05, 0.1) is 24.3 Å². The summed E-state index contributed by atoms with van der Waals surface area (Å²) in [6.07, 6.45) is 0. The van der Waals surface area contributed by atoms with E-state index in [9.17, 15) is 14.4 Å². The van der Waals surface area contributed by atoms with Crippen molar-refractivity contribution < 1.29 is 23.9 Å². The van der Waals surface area contributed by atoms with Crippen LogP contribution >= 0.6 is 0 Å². The Bertz CT molecular complexity index is 545. The van der Waals surface area contributed by atoms with Crippen LogP contribution in [0.4, 0.5) is 0 Å². The maximum absolute atomic E-state index is 12.4. The number of esters is 2. The lowest BCUT2D eigenvalue weighted by atomic mass is 9.85. The first-order valence-electron chi connectivity index (χ1n) is 7.24. The third-order valence-corrected chi connectivity index (χ3v) is 2.90. The molecule has 0 saturated heterocycles. The van der Waals surface area contributed by atoms with E-state index in [1.807, 2.05) is 0 Å².